The molecule has 0 N–H and O–H groups in total. The Morgan fingerprint density at radius 2 is 1.30 bits per heavy atom. The van der Waals surface area contributed by atoms with E-state index in [1.54, 1.807) is 22.8 Å². The van der Waals surface area contributed by atoms with Gasteiger partial charge in [0.25, 0.3) is 6.33 Å². The van der Waals surface area contributed by atoms with Crippen LogP contribution in [-0.4, -0.2) is 28.1 Å². The van der Waals surface area contributed by atoms with Gasteiger partial charge in [-0.15, -0.1) is 0 Å². The Labute approximate surface area is 416 Å². The summed E-state index contributed by atoms with van der Waals surface area (Å²) >= 11 is 0. The first-order chi connectivity index (χ1) is 37.8. The van der Waals surface area contributed by atoms with Crippen LogP contribution in [0.5, 0.6) is 11.5 Å². The third-order valence-corrected chi connectivity index (χ3v) is 13.8. The minimum absolute atomic E-state index is 0.106. The van der Waals surface area contributed by atoms with Gasteiger partial charge in [-0.1, -0.05) is 153 Å². The molecule has 0 unspecified atom stereocenters. The number of aryl methyl sites for hydroxylation is 2. The van der Waals surface area contributed by atoms with Crippen molar-refractivity contribution in [1.82, 2.24) is 14.1 Å². The molecule has 7 nitrogen and oxygen atoms in total. The topological polar surface area (TPSA) is 42.3 Å². The molecule has 2 aliphatic heterocycles. The van der Waals surface area contributed by atoms with Crippen LogP contribution in [-0.2, 0) is 5.41 Å². The fraction of sp³-hybridized carbons (Fsp3) is 0.115. The largest absolute Gasteiger partial charge is 0.458 e. The van der Waals surface area contributed by atoms with Crippen LogP contribution in [0.1, 0.15) is 51.2 Å². The zero-order chi connectivity index (χ0) is 55.4. The molecule has 11 aromatic rings. The van der Waals surface area contributed by atoms with E-state index in [1.165, 1.54) is 0 Å². The molecule has 3 aromatic heterocycles. The molecule has 0 saturated heterocycles. The van der Waals surface area contributed by atoms with Crippen LogP contribution in [0.15, 0.2) is 188 Å². The fourth-order valence-electron chi connectivity index (χ4n) is 10.6. The van der Waals surface area contributed by atoms with Crippen molar-refractivity contribution in [3.63, 3.8) is 0 Å². The van der Waals surface area contributed by atoms with Crippen molar-refractivity contribution in [2.24, 2.45) is 0 Å². The number of hydrogen-bond acceptors (Lipinski definition) is 4. The molecule has 5 heterocycles. The molecular formula is C61H49BN6O. The monoisotopic (exact) mass is 902 g/mol. The lowest BCUT2D eigenvalue weighted by Crippen LogP contribution is -2.55. The second-order valence-corrected chi connectivity index (χ2v) is 18.9. The molecule has 2 aliphatic rings. The Morgan fingerprint density at radius 1 is 0.652 bits per heavy atom. The second-order valence-electron chi connectivity index (χ2n) is 18.9. The van der Waals surface area contributed by atoms with E-state index in [4.69, 9.17) is 17.9 Å². The minimum atomic E-state index is -0.568. The van der Waals surface area contributed by atoms with Gasteiger partial charge in [-0.2, -0.15) is 0 Å². The lowest BCUT2D eigenvalue weighted by molar-refractivity contribution is -0.571. The summed E-state index contributed by atoms with van der Waals surface area (Å²) in [5.41, 5.74) is 11.1. The maximum atomic E-state index is 9.24. The van der Waals surface area contributed by atoms with Gasteiger partial charge in [0.15, 0.2) is 0 Å². The van der Waals surface area contributed by atoms with Crippen LogP contribution >= 0.6 is 0 Å². The van der Waals surface area contributed by atoms with Crippen LogP contribution in [0.4, 0.5) is 17.1 Å². The number of pyridine rings is 1. The number of rotatable bonds is 7. The van der Waals surface area contributed by atoms with Crippen LogP contribution in [0, 0.1) is 20.2 Å². The van der Waals surface area contributed by atoms with Crippen LogP contribution in [0.25, 0.3) is 72.3 Å². The molecule has 8 heteroatoms. The number of imidazole rings is 1. The Balaban J connectivity index is 1.07. The molecule has 0 saturated carbocycles. The SMILES string of the molecule is [2H]c1c([2H])c([2H])c(-c2cccc(-c3c([2H])c([2H])c([2H])c([2H])c3[2H])c2-[n+]2[c-]n3c4c5c(ccc42)N(C)B(c2c(C)cccc2C)N5c2ccc(Oc4ccc5c6ccccc6n(-c6cc(C(C)(C)C)ccn6)c5c4)cc2-3)c([2H])c1[2H]. The first-order valence-corrected chi connectivity index (χ1v) is 23.0. The highest BCUT2D eigenvalue weighted by atomic mass is 16.5. The fourth-order valence-corrected chi connectivity index (χ4v) is 10.6. The van der Waals surface area contributed by atoms with Gasteiger partial charge in [0.1, 0.15) is 22.8 Å². The lowest BCUT2D eigenvalue weighted by atomic mass is 9.61. The van der Waals surface area contributed by atoms with Crippen molar-refractivity contribution in [2.75, 3.05) is 16.7 Å². The molecule has 0 bridgehead atoms. The van der Waals surface area contributed by atoms with Crippen LogP contribution in [0.3, 0.4) is 0 Å². The molecule has 69 heavy (non-hydrogen) atoms. The summed E-state index contributed by atoms with van der Waals surface area (Å²) in [6.07, 6.45) is 5.50. The Hall–Kier alpha value is -8.36. The Bertz CT molecular complexity index is 4330. The van der Waals surface area contributed by atoms with E-state index in [2.05, 4.69) is 111 Å². The molecule has 8 aromatic carbocycles. The van der Waals surface area contributed by atoms with Gasteiger partial charge in [0.2, 0.25) is 0 Å². The summed E-state index contributed by atoms with van der Waals surface area (Å²) in [5.74, 6) is 1.90. The third kappa shape index (κ3) is 6.28. The van der Waals surface area contributed by atoms with Crippen molar-refractivity contribution in [3.05, 3.63) is 211 Å². The summed E-state index contributed by atoms with van der Waals surface area (Å²) in [7, 11) is 2.07. The first kappa shape index (κ1) is 31.6. The highest BCUT2D eigenvalue weighted by molar-refractivity contribution is 6.84. The first-order valence-electron chi connectivity index (χ1n) is 28.0. The summed E-state index contributed by atoms with van der Waals surface area (Å²) in [6.45, 7) is 10.5. The maximum absolute atomic E-state index is 9.24. The van der Waals surface area contributed by atoms with Crippen molar-refractivity contribution in [1.29, 1.82) is 0 Å². The number of hydrogen-bond donors (Lipinski definition) is 0. The number of fused-ring (bicyclic) bond motifs is 6. The van der Waals surface area contributed by atoms with Gasteiger partial charge < -0.3 is 14.4 Å². The van der Waals surface area contributed by atoms with Crippen LogP contribution < -0.4 is 24.4 Å². The van der Waals surface area contributed by atoms with Gasteiger partial charge >= 0.3 is 6.98 Å². The number of para-hydroxylation sites is 2. The highest BCUT2D eigenvalue weighted by Gasteiger charge is 2.47. The van der Waals surface area contributed by atoms with Gasteiger partial charge in [-0.05, 0) is 114 Å². The van der Waals surface area contributed by atoms with E-state index in [-0.39, 0.29) is 40.3 Å². The van der Waals surface area contributed by atoms with E-state index in [0.29, 0.717) is 28.2 Å². The molecule has 0 aliphatic carbocycles. The number of nitrogens with zero attached hydrogens (tertiary/aromatic N) is 6. The maximum Gasteiger partial charge on any atom is 0.415 e. The molecule has 332 valence electrons. The normalized spacial score (nSPS) is 15.0. The quantitative estimate of drug-likeness (QED) is 0.0908. The van der Waals surface area contributed by atoms with Gasteiger partial charge in [-0.25, -0.2) is 4.98 Å². The van der Waals surface area contributed by atoms with E-state index in [9.17, 15) is 5.48 Å². The van der Waals surface area contributed by atoms with E-state index >= 15 is 0 Å². The van der Waals surface area contributed by atoms with Crippen LogP contribution in [0.2, 0.25) is 0 Å². The van der Waals surface area contributed by atoms with Gasteiger partial charge in [0, 0.05) is 34.4 Å². The van der Waals surface area contributed by atoms with Gasteiger partial charge in [-0.3, -0.25) is 13.7 Å². The average Bonchev–Trinajstić information content (AvgIpc) is 3.16. The number of ether oxygens (including phenoxy) is 1. The molecule has 0 atom stereocenters. The van der Waals surface area contributed by atoms with E-state index < -0.39 is 60.4 Å². The van der Waals surface area contributed by atoms with Crippen molar-refractivity contribution >= 4 is 62.3 Å². The van der Waals surface area contributed by atoms with Crippen molar-refractivity contribution in [3.8, 4) is 50.9 Å². The van der Waals surface area contributed by atoms with Gasteiger partial charge in [0.05, 0.1) is 47.3 Å². The molecule has 0 radical (unpaired) electrons. The molecule has 0 amide bonds. The van der Waals surface area contributed by atoms with E-state index in [0.717, 1.165) is 66.8 Å². The zero-order valence-electron chi connectivity index (χ0n) is 48.8. The number of benzene rings is 8. The number of anilines is 3. The summed E-state index contributed by atoms with van der Waals surface area (Å²) in [6, 6.07) is 34.5. The lowest BCUT2D eigenvalue weighted by Gasteiger charge is -2.34. The zero-order valence-corrected chi connectivity index (χ0v) is 38.8. The highest BCUT2D eigenvalue weighted by Crippen LogP contribution is 2.52. The Morgan fingerprint density at radius 3 is 2.03 bits per heavy atom. The summed E-state index contributed by atoms with van der Waals surface area (Å²) in [5, 5.41) is 2.12. The van der Waals surface area contributed by atoms with Crippen molar-refractivity contribution in [2.45, 2.75) is 40.0 Å². The average molecular weight is 903 g/mol. The second kappa shape index (κ2) is 15.3. The van der Waals surface area contributed by atoms with E-state index in [1.807, 2.05) is 65.4 Å². The smallest absolute Gasteiger partial charge is 0.415 e. The summed E-state index contributed by atoms with van der Waals surface area (Å²) < 4.78 is 102. The predicted molar refractivity (Wildman–Crippen MR) is 284 cm³/mol. The standard InChI is InChI=1S/C61H49BN6O/c1-39-17-15-18-40(2)57(39)62-64(6)52-31-32-53-59-60(52)68(62)51-30-28-45(69-44-27-29-49-48-23-13-14-26-50(48)67(54(49)36-44)56-35-43(33-34-63-56)61(3,4)5)37-55(51)66(59)38-65(53)58-46(41-19-9-7-10-20-41)24-16-25-47(58)42-21-11-8-12-22-42/h7-37H,1-6H3/i7D,8D,9D,10D,11D,12D,19D,20D,21D,22D. The number of aromatic nitrogens is 4. The minimum Gasteiger partial charge on any atom is -0.458 e. The molecule has 0 fully saturated rings. The van der Waals surface area contributed by atoms with Crippen molar-refractivity contribution < 1.29 is 23.0 Å². The predicted octanol–water partition coefficient (Wildman–Crippen LogP) is 13.5. The third-order valence-electron chi connectivity index (χ3n) is 13.8. The molecular weight excluding hydrogens is 844 g/mol. The Kier molecular flexibility index (Phi) is 7.02. The molecule has 13 rings (SSSR count). The molecule has 0 spiro atoms. The summed E-state index contributed by atoms with van der Waals surface area (Å²) in [4.78, 5) is 9.47.